The second-order valence-electron chi connectivity index (χ2n) is 8.05. The van der Waals surface area contributed by atoms with Crippen LogP contribution >= 0.6 is 0 Å². The first-order valence-corrected chi connectivity index (χ1v) is 10.8. The first-order chi connectivity index (χ1) is 15.4. The summed E-state index contributed by atoms with van der Waals surface area (Å²) >= 11 is 0. The molecule has 3 rings (SSSR count). The molecule has 0 aromatic heterocycles. The van der Waals surface area contributed by atoms with Gasteiger partial charge in [0.1, 0.15) is 0 Å². The summed E-state index contributed by atoms with van der Waals surface area (Å²) in [4.78, 5) is 30.1. The molecule has 1 heterocycles. The Morgan fingerprint density at radius 2 is 1.66 bits per heavy atom. The summed E-state index contributed by atoms with van der Waals surface area (Å²) in [5.74, 6) is 0.953. The third-order valence-electron chi connectivity index (χ3n) is 6.27. The highest BCUT2D eigenvalue weighted by Crippen LogP contribution is 2.43. The second-order valence-corrected chi connectivity index (χ2v) is 8.05. The molecule has 0 spiro atoms. The number of methoxy groups -OCH3 is 3. The number of amides is 2. The van der Waals surface area contributed by atoms with Gasteiger partial charge in [-0.1, -0.05) is 18.2 Å². The van der Waals surface area contributed by atoms with Crippen LogP contribution in [0, 0.1) is 12.8 Å². The third-order valence-corrected chi connectivity index (χ3v) is 6.27. The number of hydrogen-bond donors (Lipinski definition) is 0. The van der Waals surface area contributed by atoms with E-state index in [-0.39, 0.29) is 23.7 Å². The average molecular weight is 441 g/mol. The number of benzene rings is 2. The Bertz CT molecular complexity index is 965. The Kier molecular flexibility index (Phi) is 7.28. The van der Waals surface area contributed by atoms with E-state index in [2.05, 4.69) is 0 Å². The molecule has 1 aliphatic heterocycles. The zero-order chi connectivity index (χ0) is 23.4. The van der Waals surface area contributed by atoms with E-state index in [9.17, 15) is 9.59 Å². The van der Waals surface area contributed by atoms with E-state index >= 15 is 0 Å². The lowest BCUT2D eigenvalue weighted by atomic mass is 9.87. The highest BCUT2D eigenvalue weighted by atomic mass is 16.5. The Balaban J connectivity index is 2.03. The van der Waals surface area contributed by atoms with Crippen molar-refractivity contribution >= 4 is 11.8 Å². The lowest BCUT2D eigenvalue weighted by Gasteiger charge is -2.24. The summed E-state index contributed by atoms with van der Waals surface area (Å²) in [6.45, 7) is 5.26. The molecule has 0 bridgehead atoms. The molecule has 2 aromatic rings. The minimum atomic E-state index is -0.365. The zero-order valence-electron chi connectivity index (χ0n) is 19.7. The molecule has 7 nitrogen and oxygen atoms in total. The van der Waals surface area contributed by atoms with Gasteiger partial charge in [0.05, 0.1) is 27.2 Å². The van der Waals surface area contributed by atoms with Crippen molar-refractivity contribution in [3.8, 4) is 17.2 Å². The third kappa shape index (κ3) is 4.38. The minimum Gasteiger partial charge on any atom is -0.493 e. The second kappa shape index (κ2) is 9.94. The lowest BCUT2D eigenvalue weighted by Crippen LogP contribution is -2.37. The highest BCUT2D eigenvalue weighted by Gasteiger charge is 2.42. The van der Waals surface area contributed by atoms with E-state index in [4.69, 9.17) is 14.2 Å². The summed E-state index contributed by atoms with van der Waals surface area (Å²) < 4.78 is 16.5. The van der Waals surface area contributed by atoms with E-state index in [1.54, 1.807) is 38.2 Å². The van der Waals surface area contributed by atoms with Crippen molar-refractivity contribution in [1.29, 1.82) is 0 Å². The fourth-order valence-corrected chi connectivity index (χ4v) is 4.30. The van der Waals surface area contributed by atoms with Crippen molar-refractivity contribution < 1.29 is 23.8 Å². The van der Waals surface area contributed by atoms with Gasteiger partial charge in [-0.2, -0.15) is 0 Å². The van der Waals surface area contributed by atoms with Crippen molar-refractivity contribution in [2.45, 2.75) is 19.8 Å². The van der Waals surface area contributed by atoms with Crippen LogP contribution in [0.5, 0.6) is 17.2 Å². The molecule has 0 aliphatic carbocycles. The van der Waals surface area contributed by atoms with E-state index < -0.39 is 0 Å². The molecule has 2 atom stereocenters. The lowest BCUT2D eigenvalue weighted by molar-refractivity contribution is -0.133. The van der Waals surface area contributed by atoms with E-state index in [1.165, 1.54) is 0 Å². The molecule has 2 amide bonds. The monoisotopic (exact) mass is 440 g/mol. The maximum Gasteiger partial charge on any atom is 0.254 e. The van der Waals surface area contributed by atoms with Crippen LogP contribution in [-0.2, 0) is 4.79 Å². The molecule has 1 aliphatic rings. The van der Waals surface area contributed by atoms with Crippen molar-refractivity contribution in [3.05, 3.63) is 53.1 Å². The maximum atomic E-state index is 13.3. The van der Waals surface area contributed by atoms with Gasteiger partial charge in [-0.3, -0.25) is 9.59 Å². The summed E-state index contributed by atoms with van der Waals surface area (Å²) in [7, 11) is 6.48. The maximum absolute atomic E-state index is 13.3. The standard InChI is InChI=1S/C25H32N2O5/c1-7-26(3)24(28)20-15-27(25(29)18-11-9-8-10-16(18)2)14-19(20)17-12-21(30-4)23(32-6)22(13-17)31-5/h8-13,19-20H,7,14-15H2,1-6H3/t19-,20-/m0/s1. The molecule has 1 fully saturated rings. The van der Waals surface area contributed by atoms with Gasteiger partial charge in [-0.05, 0) is 43.2 Å². The van der Waals surface area contributed by atoms with Gasteiger partial charge in [0.15, 0.2) is 11.5 Å². The Morgan fingerprint density at radius 1 is 1.03 bits per heavy atom. The smallest absolute Gasteiger partial charge is 0.254 e. The van der Waals surface area contributed by atoms with Crippen LogP contribution < -0.4 is 14.2 Å². The largest absolute Gasteiger partial charge is 0.493 e. The van der Waals surface area contributed by atoms with E-state index in [0.29, 0.717) is 42.4 Å². The first-order valence-electron chi connectivity index (χ1n) is 10.8. The zero-order valence-corrected chi connectivity index (χ0v) is 19.7. The van der Waals surface area contributed by atoms with Gasteiger partial charge in [-0.25, -0.2) is 0 Å². The quantitative estimate of drug-likeness (QED) is 0.661. The number of hydrogen-bond acceptors (Lipinski definition) is 5. The van der Waals surface area contributed by atoms with Crippen LogP contribution in [0.4, 0.5) is 0 Å². The molecule has 0 N–H and O–H groups in total. The molecule has 1 saturated heterocycles. The summed E-state index contributed by atoms with van der Waals surface area (Å²) in [5, 5.41) is 0. The summed E-state index contributed by atoms with van der Waals surface area (Å²) in [6.07, 6.45) is 0. The SMILES string of the molecule is CCN(C)C(=O)[C@H]1CN(C(=O)c2ccccc2C)C[C@H]1c1cc(OC)c(OC)c(OC)c1. The molecule has 0 saturated carbocycles. The van der Waals surface area contributed by atoms with Gasteiger partial charge >= 0.3 is 0 Å². The number of ether oxygens (including phenoxy) is 3. The van der Waals surface area contributed by atoms with Crippen LogP contribution in [0.3, 0.4) is 0 Å². The van der Waals surface area contributed by atoms with Crippen LogP contribution in [-0.4, -0.2) is 69.6 Å². The van der Waals surface area contributed by atoms with Crippen LogP contribution in [0.2, 0.25) is 0 Å². The molecule has 172 valence electrons. The van der Waals surface area contributed by atoms with Crippen LogP contribution in [0.15, 0.2) is 36.4 Å². The first kappa shape index (κ1) is 23.4. The van der Waals surface area contributed by atoms with Gasteiger partial charge in [0.2, 0.25) is 11.7 Å². The van der Waals surface area contributed by atoms with E-state index in [1.807, 2.05) is 50.2 Å². The average Bonchev–Trinajstić information content (AvgIpc) is 3.27. The Morgan fingerprint density at radius 3 is 2.19 bits per heavy atom. The van der Waals surface area contributed by atoms with Crippen molar-refractivity contribution in [2.75, 3.05) is 48.0 Å². The van der Waals surface area contributed by atoms with Gasteiger partial charge in [-0.15, -0.1) is 0 Å². The van der Waals surface area contributed by atoms with Crippen molar-refractivity contribution in [1.82, 2.24) is 9.80 Å². The Labute approximate surface area is 189 Å². The minimum absolute atomic E-state index is 0.0198. The summed E-state index contributed by atoms with van der Waals surface area (Å²) in [6, 6.07) is 11.3. The highest BCUT2D eigenvalue weighted by molar-refractivity contribution is 5.96. The molecular weight excluding hydrogens is 408 g/mol. The summed E-state index contributed by atoms with van der Waals surface area (Å²) in [5.41, 5.74) is 2.46. The topological polar surface area (TPSA) is 68.3 Å². The number of carbonyl (C=O) groups excluding carboxylic acids is 2. The normalized spacial score (nSPS) is 17.8. The number of likely N-dealkylation sites (tertiary alicyclic amines) is 1. The molecule has 0 unspecified atom stereocenters. The van der Waals surface area contributed by atoms with Crippen LogP contribution in [0.1, 0.15) is 34.3 Å². The molecule has 2 aromatic carbocycles. The number of nitrogens with zero attached hydrogens (tertiary/aromatic N) is 2. The van der Waals surface area contributed by atoms with Crippen molar-refractivity contribution in [3.63, 3.8) is 0 Å². The Hall–Kier alpha value is -3.22. The number of carbonyl (C=O) groups is 2. The molecule has 32 heavy (non-hydrogen) atoms. The van der Waals surface area contributed by atoms with Gasteiger partial charge < -0.3 is 24.0 Å². The molecular formula is C25H32N2O5. The number of rotatable bonds is 7. The predicted octanol–water partition coefficient (Wildman–Crippen LogP) is 3.35. The predicted molar refractivity (Wildman–Crippen MR) is 123 cm³/mol. The van der Waals surface area contributed by atoms with Gasteiger partial charge in [0, 0.05) is 38.2 Å². The van der Waals surface area contributed by atoms with Crippen LogP contribution in [0.25, 0.3) is 0 Å². The molecule has 7 heteroatoms. The number of aryl methyl sites for hydroxylation is 1. The fourth-order valence-electron chi connectivity index (χ4n) is 4.30. The van der Waals surface area contributed by atoms with Gasteiger partial charge in [0.25, 0.3) is 5.91 Å². The fraction of sp³-hybridized carbons (Fsp3) is 0.440. The van der Waals surface area contributed by atoms with E-state index in [0.717, 1.165) is 11.1 Å². The van der Waals surface area contributed by atoms with Crippen molar-refractivity contribution in [2.24, 2.45) is 5.92 Å². The molecule has 0 radical (unpaired) electrons.